The van der Waals surface area contributed by atoms with Gasteiger partial charge >= 0.3 is 0 Å². The van der Waals surface area contributed by atoms with Crippen LogP contribution in [-0.4, -0.2) is 36.2 Å². The molecule has 9 heteroatoms. The lowest BCUT2D eigenvalue weighted by molar-refractivity contribution is -0.113. The third-order valence-electron chi connectivity index (χ3n) is 4.41. The Morgan fingerprint density at radius 1 is 1.07 bits per heavy atom. The van der Waals surface area contributed by atoms with E-state index in [0.29, 0.717) is 11.0 Å². The molecule has 0 spiro atoms. The van der Waals surface area contributed by atoms with Crippen LogP contribution in [0.4, 0.5) is 5.69 Å². The molecule has 2 aromatic heterocycles. The number of carbonyl (C=O) groups is 1. The molecule has 0 atom stereocenters. The second-order valence-corrected chi connectivity index (χ2v) is 8.50. The van der Waals surface area contributed by atoms with Crippen molar-refractivity contribution in [3.05, 3.63) is 65.3 Å². The number of carbonyl (C=O) groups excluding carboxylic acids is 1. The molecule has 4 rings (SSSR count). The predicted octanol–water partition coefficient (Wildman–Crippen LogP) is 4.38. The number of amides is 1. The lowest BCUT2D eigenvalue weighted by atomic mass is 10.1. The quantitative estimate of drug-likeness (QED) is 0.412. The van der Waals surface area contributed by atoms with E-state index in [0.717, 1.165) is 27.0 Å². The molecule has 30 heavy (non-hydrogen) atoms. The van der Waals surface area contributed by atoms with Crippen LogP contribution in [0.5, 0.6) is 0 Å². The van der Waals surface area contributed by atoms with Crippen molar-refractivity contribution < 1.29 is 4.79 Å². The smallest absolute Gasteiger partial charge is 0.234 e. The number of nitrogens with one attached hydrogen (secondary N) is 1. The maximum atomic E-state index is 12.3. The van der Waals surface area contributed by atoms with Crippen LogP contribution in [0.1, 0.15) is 0 Å². The van der Waals surface area contributed by atoms with Crippen LogP contribution >= 0.6 is 27.7 Å². The third kappa shape index (κ3) is 4.47. The lowest BCUT2D eigenvalue weighted by Crippen LogP contribution is -2.14. The molecule has 0 radical (unpaired) electrons. The van der Waals surface area contributed by atoms with Gasteiger partial charge in [0.05, 0.1) is 11.3 Å². The van der Waals surface area contributed by atoms with Crippen molar-refractivity contribution in [3.8, 4) is 22.6 Å². The van der Waals surface area contributed by atoms with Gasteiger partial charge in [0, 0.05) is 36.0 Å². The number of rotatable bonds is 6. The second kappa shape index (κ2) is 8.85. The first kappa shape index (κ1) is 20.4. The molecule has 0 aliphatic heterocycles. The van der Waals surface area contributed by atoms with Crippen LogP contribution in [0, 0.1) is 0 Å². The Morgan fingerprint density at radius 3 is 2.53 bits per heavy atom. The molecular formula is C21H19BrN6OS. The van der Waals surface area contributed by atoms with Gasteiger partial charge in [-0.1, -0.05) is 58.0 Å². The standard InChI is InChI=1S/C21H19BrN6OS/c1-27-12-17(19(26-27)14-6-4-3-5-7-14)20-24-25-21(28(20)2)30-13-18(29)23-16-10-8-15(22)9-11-16/h3-12H,13H2,1-2H3,(H,23,29). The fourth-order valence-electron chi connectivity index (χ4n) is 3.00. The van der Waals surface area contributed by atoms with E-state index in [1.54, 1.807) is 4.68 Å². The number of hydrogen-bond acceptors (Lipinski definition) is 5. The van der Waals surface area contributed by atoms with Crippen LogP contribution < -0.4 is 5.32 Å². The largest absolute Gasteiger partial charge is 0.325 e. The van der Waals surface area contributed by atoms with Gasteiger partial charge < -0.3 is 9.88 Å². The summed E-state index contributed by atoms with van der Waals surface area (Å²) < 4.78 is 4.62. The molecule has 4 aromatic rings. The van der Waals surface area contributed by atoms with Crippen LogP contribution in [-0.2, 0) is 18.9 Å². The SMILES string of the molecule is Cn1cc(-c2nnc(SCC(=O)Nc3ccc(Br)cc3)n2C)c(-c2ccccc2)n1. The average Bonchev–Trinajstić information content (AvgIpc) is 3.31. The number of anilines is 1. The monoisotopic (exact) mass is 482 g/mol. The Labute approximate surface area is 186 Å². The highest BCUT2D eigenvalue weighted by atomic mass is 79.9. The number of hydrogen-bond donors (Lipinski definition) is 1. The molecule has 0 saturated carbocycles. The summed E-state index contributed by atoms with van der Waals surface area (Å²) in [6.07, 6.45) is 1.93. The van der Waals surface area contributed by atoms with Gasteiger partial charge in [-0.3, -0.25) is 9.48 Å². The first-order valence-electron chi connectivity index (χ1n) is 9.18. The van der Waals surface area contributed by atoms with Gasteiger partial charge in [-0.25, -0.2) is 0 Å². The van der Waals surface area contributed by atoms with Gasteiger partial charge in [0.25, 0.3) is 0 Å². The minimum absolute atomic E-state index is 0.0989. The highest BCUT2D eigenvalue weighted by molar-refractivity contribution is 9.10. The molecule has 2 heterocycles. The van der Waals surface area contributed by atoms with E-state index in [9.17, 15) is 4.79 Å². The predicted molar refractivity (Wildman–Crippen MR) is 122 cm³/mol. The topological polar surface area (TPSA) is 77.6 Å². The van der Waals surface area contributed by atoms with E-state index in [-0.39, 0.29) is 11.7 Å². The Kier molecular flexibility index (Phi) is 6.01. The number of halogens is 1. The maximum absolute atomic E-state index is 12.3. The molecule has 1 N–H and O–H groups in total. The summed E-state index contributed by atoms with van der Waals surface area (Å²) in [5.74, 6) is 0.844. The first-order valence-corrected chi connectivity index (χ1v) is 11.0. The second-order valence-electron chi connectivity index (χ2n) is 6.64. The molecular weight excluding hydrogens is 464 g/mol. The van der Waals surface area contributed by atoms with Gasteiger partial charge in [-0.15, -0.1) is 10.2 Å². The molecule has 0 unspecified atom stereocenters. The average molecular weight is 483 g/mol. The van der Waals surface area contributed by atoms with Crippen molar-refractivity contribution in [1.29, 1.82) is 0 Å². The van der Waals surface area contributed by atoms with Gasteiger partial charge in [0.2, 0.25) is 5.91 Å². The first-order chi connectivity index (χ1) is 14.5. The Hall–Kier alpha value is -2.91. The van der Waals surface area contributed by atoms with Gasteiger partial charge in [0.1, 0.15) is 5.69 Å². The summed E-state index contributed by atoms with van der Waals surface area (Å²) in [7, 11) is 3.78. The van der Waals surface area contributed by atoms with Crippen LogP contribution in [0.3, 0.4) is 0 Å². The molecule has 0 aliphatic rings. The van der Waals surface area contributed by atoms with Gasteiger partial charge in [0.15, 0.2) is 11.0 Å². The molecule has 0 fully saturated rings. The molecule has 152 valence electrons. The summed E-state index contributed by atoms with van der Waals surface area (Å²) in [5, 5.41) is 16.8. The van der Waals surface area contributed by atoms with Gasteiger partial charge in [-0.05, 0) is 24.3 Å². The van der Waals surface area contributed by atoms with E-state index in [1.807, 2.05) is 79.5 Å². The van der Waals surface area contributed by atoms with Crippen LogP contribution in [0.15, 0.2) is 70.4 Å². The number of aromatic nitrogens is 5. The maximum Gasteiger partial charge on any atom is 0.234 e. The van der Waals surface area contributed by atoms with Crippen LogP contribution in [0.2, 0.25) is 0 Å². The number of nitrogens with zero attached hydrogens (tertiary/aromatic N) is 5. The fourth-order valence-corrected chi connectivity index (χ4v) is 3.97. The zero-order chi connectivity index (χ0) is 21.1. The van der Waals surface area contributed by atoms with Crippen LogP contribution in [0.25, 0.3) is 22.6 Å². The Balaban J connectivity index is 1.50. The number of benzene rings is 2. The van der Waals surface area contributed by atoms with E-state index in [2.05, 4.69) is 36.5 Å². The van der Waals surface area contributed by atoms with E-state index in [1.165, 1.54) is 11.8 Å². The van der Waals surface area contributed by atoms with Crippen molar-refractivity contribution in [2.45, 2.75) is 5.16 Å². The normalized spacial score (nSPS) is 10.9. The van der Waals surface area contributed by atoms with Gasteiger partial charge in [-0.2, -0.15) is 5.10 Å². The van der Waals surface area contributed by atoms with E-state index >= 15 is 0 Å². The summed E-state index contributed by atoms with van der Waals surface area (Å²) >= 11 is 4.73. The summed E-state index contributed by atoms with van der Waals surface area (Å²) in [6, 6.07) is 17.4. The minimum atomic E-state index is -0.0989. The third-order valence-corrected chi connectivity index (χ3v) is 5.96. The van der Waals surface area contributed by atoms with E-state index < -0.39 is 0 Å². The summed E-state index contributed by atoms with van der Waals surface area (Å²) in [6.45, 7) is 0. The fraction of sp³-hybridized carbons (Fsp3) is 0.143. The van der Waals surface area contributed by atoms with Crippen molar-refractivity contribution in [3.63, 3.8) is 0 Å². The highest BCUT2D eigenvalue weighted by Gasteiger charge is 2.19. The van der Waals surface area contributed by atoms with Crippen molar-refractivity contribution in [1.82, 2.24) is 24.5 Å². The highest BCUT2D eigenvalue weighted by Crippen LogP contribution is 2.31. The molecule has 7 nitrogen and oxygen atoms in total. The van der Waals surface area contributed by atoms with Crippen molar-refractivity contribution in [2.75, 3.05) is 11.1 Å². The van der Waals surface area contributed by atoms with Crippen molar-refractivity contribution in [2.24, 2.45) is 14.1 Å². The summed E-state index contributed by atoms with van der Waals surface area (Å²) in [4.78, 5) is 12.3. The molecule has 0 aliphatic carbocycles. The molecule has 2 aromatic carbocycles. The minimum Gasteiger partial charge on any atom is -0.325 e. The Morgan fingerprint density at radius 2 is 1.80 bits per heavy atom. The zero-order valence-corrected chi connectivity index (χ0v) is 18.8. The molecule has 1 amide bonds. The molecule has 0 bridgehead atoms. The van der Waals surface area contributed by atoms with E-state index in [4.69, 9.17) is 0 Å². The zero-order valence-electron chi connectivity index (χ0n) is 16.4. The van der Waals surface area contributed by atoms with Crippen molar-refractivity contribution >= 4 is 39.3 Å². The molecule has 0 saturated heterocycles. The number of thioether (sulfide) groups is 1. The lowest BCUT2D eigenvalue weighted by Gasteiger charge is -2.06. The summed E-state index contributed by atoms with van der Waals surface area (Å²) in [5.41, 5.74) is 3.51. The Bertz CT molecular complexity index is 1170. The number of aryl methyl sites for hydroxylation is 1.